The largest absolute Gasteiger partial charge is 0.216 e. The summed E-state index contributed by atoms with van der Waals surface area (Å²) in [5.74, 6) is 8.66. The minimum atomic E-state index is -1.57. The summed E-state index contributed by atoms with van der Waals surface area (Å²) < 4.78 is 0. The summed E-state index contributed by atoms with van der Waals surface area (Å²) in [6.45, 7) is 4.60. The Bertz CT molecular complexity index is 387. The minimum absolute atomic E-state index is 0.727. The highest BCUT2D eigenvalue weighted by Crippen LogP contribution is 2.28. The molecule has 2 aliphatic rings. The van der Waals surface area contributed by atoms with Crippen molar-refractivity contribution in [1.29, 1.82) is 0 Å². The average molecular weight is 273 g/mol. The van der Waals surface area contributed by atoms with Crippen molar-refractivity contribution in [3.63, 3.8) is 0 Å². The van der Waals surface area contributed by atoms with Crippen LogP contribution in [0.3, 0.4) is 0 Å². The molecular weight excluding hydrogens is 244 g/mol. The zero-order chi connectivity index (χ0) is 13.6. The van der Waals surface area contributed by atoms with Crippen molar-refractivity contribution in [3.05, 3.63) is 0 Å². The number of hydrogen-bond acceptors (Lipinski definition) is 0. The van der Waals surface area contributed by atoms with E-state index in [9.17, 15) is 0 Å². The third kappa shape index (κ3) is 4.74. The van der Waals surface area contributed by atoms with Gasteiger partial charge < -0.3 is 0 Å². The lowest BCUT2D eigenvalue weighted by Crippen LogP contribution is -2.29. The Hall–Kier alpha value is -0.663. The summed E-state index contributed by atoms with van der Waals surface area (Å²) in [6.07, 6.45) is 10.9. The fraction of sp³-hybridized carbons (Fsp3) is 0.778. The lowest BCUT2D eigenvalue weighted by molar-refractivity contribution is 0.365. The maximum absolute atomic E-state index is 3.68. The number of rotatable bonds is 3. The van der Waals surface area contributed by atoms with Crippen molar-refractivity contribution in [1.82, 2.24) is 0 Å². The molecule has 0 aromatic heterocycles. The smallest absolute Gasteiger partial charge is 0.115 e. The maximum Gasteiger partial charge on any atom is 0.216 e. The van der Waals surface area contributed by atoms with E-state index >= 15 is 0 Å². The highest BCUT2D eigenvalue weighted by molar-refractivity contribution is 6.94. The molecule has 0 aromatic rings. The van der Waals surface area contributed by atoms with Crippen molar-refractivity contribution < 1.29 is 0 Å². The zero-order valence-electron chi connectivity index (χ0n) is 12.7. The van der Waals surface area contributed by atoms with Crippen molar-refractivity contribution in [3.8, 4) is 22.9 Å². The predicted molar refractivity (Wildman–Crippen MR) is 86.2 cm³/mol. The van der Waals surface area contributed by atoms with E-state index in [2.05, 4.69) is 36.8 Å². The molecule has 0 spiro atoms. The molecule has 2 aliphatic carbocycles. The van der Waals surface area contributed by atoms with Gasteiger partial charge in [0.2, 0.25) is 8.07 Å². The first-order valence-corrected chi connectivity index (χ1v) is 10.7. The van der Waals surface area contributed by atoms with Gasteiger partial charge >= 0.3 is 0 Å². The van der Waals surface area contributed by atoms with Crippen LogP contribution in [0.1, 0.15) is 65.2 Å². The van der Waals surface area contributed by atoms with Crippen LogP contribution < -0.4 is 0 Å². The molecule has 0 unspecified atom stereocenters. The van der Waals surface area contributed by atoms with E-state index in [0.29, 0.717) is 0 Å². The highest BCUT2D eigenvalue weighted by atomic mass is 28.3. The molecule has 0 aliphatic heterocycles. The summed E-state index contributed by atoms with van der Waals surface area (Å²) >= 11 is 0. The summed E-state index contributed by atoms with van der Waals surface area (Å²) in [6, 6.07) is 2.42. The first-order valence-electron chi connectivity index (χ1n) is 8.30. The van der Waals surface area contributed by atoms with Gasteiger partial charge in [-0.3, -0.25) is 0 Å². The standard InChI is InChI=1S/C18H28Si/c1-3-19(4-2,16-14-18-12-13-18)15-8-11-17-9-6-5-7-10-17/h17-18H,3-7,9-13H2,1-2H3. The van der Waals surface area contributed by atoms with Crippen molar-refractivity contribution in [2.75, 3.05) is 0 Å². The first-order chi connectivity index (χ1) is 9.28. The van der Waals surface area contributed by atoms with Crippen LogP contribution in [-0.2, 0) is 0 Å². The van der Waals surface area contributed by atoms with E-state index in [1.165, 1.54) is 57.0 Å². The van der Waals surface area contributed by atoms with E-state index in [0.717, 1.165) is 18.3 Å². The second-order valence-electron chi connectivity index (χ2n) is 6.34. The van der Waals surface area contributed by atoms with Gasteiger partial charge in [0.15, 0.2) is 0 Å². The summed E-state index contributed by atoms with van der Waals surface area (Å²) in [5, 5.41) is 0. The van der Waals surface area contributed by atoms with E-state index in [1.54, 1.807) is 0 Å². The van der Waals surface area contributed by atoms with Crippen LogP contribution >= 0.6 is 0 Å². The Kier molecular flexibility index (Phi) is 5.59. The molecule has 0 saturated heterocycles. The molecule has 0 radical (unpaired) electrons. The van der Waals surface area contributed by atoms with Crippen LogP contribution in [0.5, 0.6) is 0 Å². The van der Waals surface area contributed by atoms with Crippen molar-refractivity contribution in [2.24, 2.45) is 11.8 Å². The van der Waals surface area contributed by atoms with Crippen LogP contribution in [0.25, 0.3) is 0 Å². The Labute approximate surface area is 120 Å². The molecule has 2 rings (SSSR count). The molecule has 0 atom stereocenters. The Balaban J connectivity index is 1.93. The Morgan fingerprint density at radius 2 is 1.58 bits per heavy atom. The van der Waals surface area contributed by atoms with Crippen molar-refractivity contribution >= 4 is 8.07 Å². The SMILES string of the molecule is CC[Si](C#CCC1CCCCC1)(C#CC1CC1)CC. The van der Waals surface area contributed by atoms with Gasteiger partial charge in [-0.25, -0.2) is 0 Å². The minimum Gasteiger partial charge on any atom is -0.115 e. The van der Waals surface area contributed by atoms with Gasteiger partial charge in [-0.05, 0) is 43.7 Å². The fourth-order valence-electron chi connectivity index (χ4n) is 2.86. The second-order valence-corrected chi connectivity index (χ2v) is 10.4. The molecule has 104 valence electrons. The monoisotopic (exact) mass is 272 g/mol. The van der Waals surface area contributed by atoms with Gasteiger partial charge in [0.1, 0.15) is 0 Å². The third-order valence-electron chi connectivity index (χ3n) is 4.74. The van der Waals surface area contributed by atoms with Crippen LogP contribution in [0.4, 0.5) is 0 Å². The third-order valence-corrected chi connectivity index (χ3v) is 8.44. The van der Waals surface area contributed by atoms with Gasteiger partial charge in [0.25, 0.3) is 0 Å². The highest BCUT2D eigenvalue weighted by Gasteiger charge is 2.26. The van der Waals surface area contributed by atoms with E-state index in [1.807, 2.05) is 0 Å². The summed E-state index contributed by atoms with van der Waals surface area (Å²) in [4.78, 5) is 0. The van der Waals surface area contributed by atoms with Gasteiger partial charge in [-0.1, -0.05) is 33.1 Å². The van der Waals surface area contributed by atoms with Gasteiger partial charge in [0.05, 0.1) is 0 Å². The molecule has 1 heteroatoms. The van der Waals surface area contributed by atoms with Crippen LogP contribution in [0, 0.1) is 34.8 Å². The summed E-state index contributed by atoms with van der Waals surface area (Å²) in [5.41, 5.74) is 7.33. The van der Waals surface area contributed by atoms with Gasteiger partial charge in [0, 0.05) is 12.3 Å². The maximum atomic E-state index is 3.68. The quantitative estimate of drug-likeness (QED) is 0.504. The van der Waals surface area contributed by atoms with E-state index < -0.39 is 8.07 Å². The molecule has 19 heavy (non-hydrogen) atoms. The molecule has 2 fully saturated rings. The van der Waals surface area contributed by atoms with Crippen LogP contribution in [-0.4, -0.2) is 8.07 Å². The lowest BCUT2D eigenvalue weighted by atomic mass is 9.87. The topological polar surface area (TPSA) is 0 Å². The van der Waals surface area contributed by atoms with Gasteiger partial charge in [-0.15, -0.1) is 22.9 Å². The number of hydrogen-bond donors (Lipinski definition) is 0. The Morgan fingerprint density at radius 3 is 2.16 bits per heavy atom. The fourth-order valence-corrected chi connectivity index (χ4v) is 5.05. The average Bonchev–Trinajstić information content (AvgIpc) is 3.28. The van der Waals surface area contributed by atoms with E-state index in [4.69, 9.17) is 0 Å². The van der Waals surface area contributed by atoms with Crippen LogP contribution in [0.2, 0.25) is 12.1 Å². The normalized spacial score (nSPS) is 20.1. The zero-order valence-corrected chi connectivity index (χ0v) is 13.7. The molecule has 0 nitrogen and oxygen atoms in total. The summed E-state index contributed by atoms with van der Waals surface area (Å²) in [7, 11) is -1.57. The van der Waals surface area contributed by atoms with Crippen molar-refractivity contribution in [2.45, 2.75) is 77.3 Å². The predicted octanol–water partition coefficient (Wildman–Crippen LogP) is 4.94. The molecule has 0 amide bonds. The molecule has 0 heterocycles. The molecule has 2 saturated carbocycles. The van der Waals surface area contributed by atoms with E-state index in [-0.39, 0.29) is 0 Å². The van der Waals surface area contributed by atoms with Gasteiger partial charge in [-0.2, -0.15) is 0 Å². The second kappa shape index (κ2) is 7.21. The Morgan fingerprint density at radius 1 is 0.895 bits per heavy atom. The molecular formula is C18H28Si. The molecule has 0 N–H and O–H groups in total. The molecule has 0 bridgehead atoms. The molecule has 0 aromatic carbocycles. The first kappa shape index (κ1) is 14.7. The van der Waals surface area contributed by atoms with Crippen LogP contribution in [0.15, 0.2) is 0 Å². The lowest BCUT2D eigenvalue weighted by Gasteiger charge is -2.19.